The Morgan fingerprint density at radius 3 is 1.90 bits per heavy atom. The molecule has 0 aliphatic rings. The number of carboxylic acid groups (broad SMARTS) is 1. The molecule has 2 aromatic rings. The van der Waals surface area contributed by atoms with Crippen molar-refractivity contribution in [2.75, 3.05) is 12.0 Å². The summed E-state index contributed by atoms with van der Waals surface area (Å²) in [5, 5.41) is 27.3. The molecule has 2 rings (SSSR count). The number of carboxylic acids is 1. The number of phenolic OH excluding ortho intramolecular Hbond substituents is 1. The number of carbonyl (C=O) groups is 4. The molecule has 4 unspecified atom stereocenters. The Kier molecular flexibility index (Phi) is 13.5. The summed E-state index contributed by atoms with van der Waals surface area (Å²) in [5.74, 6) is -2.12. The Balaban J connectivity index is 2.23. The van der Waals surface area contributed by atoms with Gasteiger partial charge >= 0.3 is 5.97 Å². The first-order valence-corrected chi connectivity index (χ1v) is 14.6. The third-order valence-electron chi connectivity index (χ3n) is 6.22. The summed E-state index contributed by atoms with van der Waals surface area (Å²) in [4.78, 5) is 51.5. The van der Waals surface area contributed by atoms with Crippen molar-refractivity contribution >= 4 is 35.5 Å². The normalized spacial score (nSPS) is 14.0. The molecule has 10 nitrogen and oxygen atoms in total. The Hall–Kier alpha value is -3.57. The van der Waals surface area contributed by atoms with Gasteiger partial charge in [-0.25, -0.2) is 4.79 Å². The molecule has 0 bridgehead atoms. The fraction of sp³-hybridized carbons (Fsp3) is 0.448. The summed E-state index contributed by atoms with van der Waals surface area (Å²) in [6.07, 6.45) is 2.79. The molecule has 3 amide bonds. The summed E-state index contributed by atoms with van der Waals surface area (Å²) < 4.78 is 0. The van der Waals surface area contributed by atoms with Gasteiger partial charge in [0, 0.05) is 12.8 Å². The summed E-state index contributed by atoms with van der Waals surface area (Å²) in [6, 6.07) is 11.0. The lowest BCUT2D eigenvalue weighted by atomic mass is 10.00. The fourth-order valence-electron chi connectivity index (χ4n) is 4.03. The third-order valence-corrected chi connectivity index (χ3v) is 6.86. The highest BCUT2D eigenvalue weighted by molar-refractivity contribution is 7.98. The number of aromatic hydroxyl groups is 1. The minimum Gasteiger partial charge on any atom is -0.508 e. The fourth-order valence-corrected chi connectivity index (χ4v) is 4.52. The average molecular weight is 573 g/mol. The second kappa shape index (κ2) is 16.5. The molecule has 0 spiro atoms. The van der Waals surface area contributed by atoms with Crippen LogP contribution in [-0.4, -0.2) is 70.1 Å². The van der Waals surface area contributed by atoms with Crippen molar-refractivity contribution in [2.24, 2.45) is 11.7 Å². The van der Waals surface area contributed by atoms with Gasteiger partial charge in [0.2, 0.25) is 17.7 Å². The van der Waals surface area contributed by atoms with Crippen molar-refractivity contribution in [2.45, 2.75) is 63.7 Å². The Labute approximate surface area is 239 Å². The Morgan fingerprint density at radius 2 is 1.32 bits per heavy atom. The largest absolute Gasteiger partial charge is 0.508 e. The van der Waals surface area contributed by atoms with Crippen LogP contribution in [0.25, 0.3) is 0 Å². The number of benzene rings is 2. The summed E-state index contributed by atoms with van der Waals surface area (Å²) in [7, 11) is 0. The van der Waals surface area contributed by atoms with Crippen molar-refractivity contribution < 1.29 is 29.4 Å². The molecule has 11 heteroatoms. The molecule has 0 fully saturated rings. The highest BCUT2D eigenvalue weighted by Gasteiger charge is 2.31. The number of nitrogens with one attached hydrogen (secondary N) is 3. The first kappa shape index (κ1) is 32.6. The van der Waals surface area contributed by atoms with Crippen molar-refractivity contribution in [3.05, 3.63) is 65.7 Å². The minimum absolute atomic E-state index is 0.0205. The molecule has 0 saturated heterocycles. The van der Waals surface area contributed by atoms with Gasteiger partial charge in [0.05, 0.1) is 6.04 Å². The number of carbonyl (C=O) groups excluding carboxylic acids is 3. The highest BCUT2D eigenvalue weighted by Crippen LogP contribution is 2.13. The molecule has 0 aliphatic heterocycles. The Morgan fingerprint density at radius 1 is 0.800 bits per heavy atom. The number of hydrogen-bond donors (Lipinski definition) is 6. The van der Waals surface area contributed by atoms with Gasteiger partial charge in [0.15, 0.2) is 0 Å². The summed E-state index contributed by atoms with van der Waals surface area (Å²) in [5.41, 5.74) is 7.36. The van der Waals surface area contributed by atoms with Crippen LogP contribution in [0.2, 0.25) is 0 Å². The SMILES string of the molecule is CSCCC(N)C(=O)NC(CC(C)C)C(=O)NC(Cc1ccccc1)C(=O)NC(Cc1ccc(O)cc1)C(=O)O. The molecular weight excluding hydrogens is 532 g/mol. The lowest BCUT2D eigenvalue weighted by molar-refractivity contribution is -0.142. The zero-order valence-electron chi connectivity index (χ0n) is 23.1. The average Bonchev–Trinajstić information content (AvgIpc) is 2.91. The van der Waals surface area contributed by atoms with E-state index >= 15 is 0 Å². The predicted octanol–water partition coefficient (Wildman–Crippen LogP) is 1.84. The number of aliphatic carboxylic acids is 1. The van der Waals surface area contributed by atoms with E-state index in [0.29, 0.717) is 24.2 Å². The highest BCUT2D eigenvalue weighted by atomic mass is 32.2. The van der Waals surface area contributed by atoms with Crippen LogP contribution >= 0.6 is 11.8 Å². The molecule has 0 radical (unpaired) electrons. The van der Waals surface area contributed by atoms with E-state index in [1.807, 2.05) is 26.2 Å². The van der Waals surface area contributed by atoms with E-state index in [-0.39, 0.29) is 24.5 Å². The number of nitrogens with two attached hydrogens (primary N) is 1. The van der Waals surface area contributed by atoms with Gasteiger partial charge in [0.1, 0.15) is 23.9 Å². The number of amides is 3. The van der Waals surface area contributed by atoms with E-state index in [1.165, 1.54) is 12.1 Å². The van der Waals surface area contributed by atoms with Crippen LogP contribution in [-0.2, 0) is 32.0 Å². The maximum absolute atomic E-state index is 13.4. The first-order valence-electron chi connectivity index (χ1n) is 13.2. The van der Waals surface area contributed by atoms with Gasteiger partial charge in [-0.3, -0.25) is 14.4 Å². The summed E-state index contributed by atoms with van der Waals surface area (Å²) in [6.45, 7) is 3.82. The predicted molar refractivity (Wildman–Crippen MR) is 156 cm³/mol. The number of rotatable bonds is 16. The van der Waals surface area contributed by atoms with Gasteiger partial charge < -0.3 is 31.9 Å². The number of hydrogen-bond acceptors (Lipinski definition) is 7. The van der Waals surface area contributed by atoms with Gasteiger partial charge in [-0.2, -0.15) is 11.8 Å². The maximum atomic E-state index is 13.4. The molecule has 0 saturated carbocycles. The second-order valence-corrected chi connectivity index (χ2v) is 11.1. The van der Waals surface area contributed by atoms with E-state index in [1.54, 1.807) is 48.2 Å². The van der Waals surface area contributed by atoms with Crippen LogP contribution in [0.1, 0.15) is 37.8 Å². The van der Waals surface area contributed by atoms with Crippen LogP contribution < -0.4 is 21.7 Å². The third kappa shape index (κ3) is 11.3. The topological polar surface area (TPSA) is 171 Å². The van der Waals surface area contributed by atoms with Crippen LogP contribution in [0.3, 0.4) is 0 Å². The number of phenols is 1. The van der Waals surface area contributed by atoms with E-state index in [0.717, 1.165) is 5.56 Å². The smallest absolute Gasteiger partial charge is 0.326 e. The molecule has 0 heterocycles. The van der Waals surface area contributed by atoms with Crippen molar-refractivity contribution in [3.8, 4) is 5.75 Å². The van der Waals surface area contributed by atoms with Gasteiger partial charge in [-0.1, -0.05) is 56.3 Å². The monoisotopic (exact) mass is 572 g/mol. The molecule has 0 aromatic heterocycles. The number of thioether (sulfide) groups is 1. The zero-order chi connectivity index (χ0) is 29.7. The standard InChI is InChI=1S/C29H40N4O6S/c1-18(2)15-23(31-26(35)22(30)13-14-40-3)27(36)32-24(16-19-7-5-4-6-8-19)28(37)33-25(29(38)39)17-20-9-11-21(34)12-10-20/h4-12,18,22-25,34H,13-17,30H2,1-3H3,(H,31,35)(H,32,36)(H,33,37)(H,38,39). The molecule has 7 N–H and O–H groups in total. The maximum Gasteiger partial charge on any atom is 0.326 e. The lowest BCUT2D eigenvalue weighted by Crippen LogP contribution is -2.58. The van der Waals surface area contributed by atoms with Gasteiger partial charge in [-0.15, -0.1) is 0 Å². The van der Waals surface area contributed by atoms with Gasteiger partial charge in [-0.05, 0) is 54.0 Å². The molecule has 40 heavy (non-hydrogen) atoms. The van der Waals surface area contributed by atoms with Crippen LogP contribution in [0.15, 0.2) is 54.6 Å². The van der Waals surface area contributed by atoms with Crippen LogP contribution in [0, 0.1) is 5.92 Å². The molecular formula is C29H40N4O6S. The van der Waals surface area contributed by atoms with Crippen LogP contribution in [0.5, 0.6) is 5.75 Å². The zero-order valence-corrected chi connectivity index (χ0v) is 23.9. The van der Waals surface area contributed by atoms with E-state index in [9.17, 15) is 29.4 Å². The van der Waals surface area contributed by atoms with Crippen LogP contribution in [0.4, 0.5) is 0 Å². The Bertz CT molecular complexity index is 1110. The molecule has 0 aliphatic carbocycles. The molecule has 218 valence electrons. The summed E-state index contributed by atoms with van der Waals surface area (Å²) >= 11 is 1.57. The van der Waals surface area contributed by atoms with Crippen molar-refractivity contribution in [1.29, 1.82) is 0 Å². The van der Waals surface area contributed by atoms with E-state index in [2.05, 4.69) is 16.0 Å². The lowest BCUT2D eigenvalue weighted by Gasteiger charge is -2.26. The van der Waals surface area contributed by atoms with E-state index < -0.39 is 47.9 Å². The van der Waals surface area contributed by atoms with Crippen molar-refractivity contribution in [1.82, 2.24) is 16.0 Å². The first-order chi connectivity index (χ1) is 19.0. The van der Waals surface area contributed by atoms with Crippen molar-refractivity contribution in [3.63, 3.8) is 0 Å². The second-order valence-electron chi connectivity index (χ2n) is 10.1. The molecule has 4 atom stereocenters. The molecule has 2 aromatic carbocycles. The van der Waals surface area contributed by atoms with E-state index in [4.69, 9.17) is 5.73 Å². The minimum atomic E-state index is -1.27. The van der Waals surface area contributed by atoms with Gasteiger partial charge in [0.25, 0.3) is 0 Å². The quantitative estimate of drug-likeness (QED) is 0.177.